The lowest BCUT2D eigenvalue weighted by Gasteiger charge is -2.14. The summed E-state index contributed by atoms with van der Waals surface area (Å²) >= 11 is 0. The molecule has 0 heterocycles. The standard InChI is InChI=1S/C13H19NO/c1-3-12(4-2)14-13(15)10-11-8-6-5-7-9-11/h1,8,12H,4-7,9-10H2,2H3,(H,14,15). The Labute approximate surface area is 92.1 Å². The van der Waals surface area contributed by atoms with Crippen molar-refractivity contribution in [2.45, 2.75) is 51.5 Å². The van der Waals surface area contributed by atoms with Crippen molar-refractivity contribution in [3.05, 3.63) is 11.6 Å². The maximum absolute atomic E-state index is 11.6. The number of hydrogen-bond acceptors (Lipinski definition) is 1. The van der Waals surface area contributed by atoms with Crippen LogP contribution < -0.4 is 5.32 Å². The number of amides is 1. The van der Waals surface area contributed by atoms with Crippen LogP contribution >= 0.6 is 0 Å². The van der Waals surface area contributed by atoms with Gasteiger partial charge in [-0.15, -0.1) is 6.42 Å². The van der Waals surface area contributed by atoms with E-state index < -0.39 is 0 Å². The van der Waals surface area contributed by atoms with E-state index in [0.717, 1.165) is 19.3 Å². The molecule has 2 nitrogen and oxygen atoms in total. The van der Waals surface area contributed by atoms with Gasteiger partial charge in [-0.25, -0.2) is 0 Å². The van der Waals surface area contributed by atoms with Gasteiger partial charge in [-0.3, -0.25) is 4.79 Å². The van der Waals surface area contributed by atoms with E-state index in [4.69, 9.17) is 6.42 Å². The second-order valence-corrected chi connectivity index (χ2v) is 3.98. The van der Waals surface area contributed by atoms with Crippen molar-refractivity contribution in [3.8, 4) is 12.3 Å². The van der Waals surface area contributed by atoms with Gasteiger partial charge in [0, 0.05) is 6.42 Å². The highest BCUT2D eigenvalue weighted by Gasteiger charge is 2.11. The normalized spacial score (nSPS) is 17.5. The zero-order chi connectivity index (χ0) is 11.1. The molecule has 0 saturated heterocycles. The second kappa shape index (κ2) is 6.29. The van der Waals surface area contributed by atoms with E-state index in [-0.39, 0.29) is 11.9 Å². The molecule has 1 aliphatic carbocycles. The van der Waals surface area contributed by atoms with Crippen molar-refractivity contribution in [2.75, 3.05) is 0 Å². The zero-order valence-corrected chi connectivity index (χ0v) is 9.38. The Kier molecular flexibility index (Phi) is 4.97. The van der Waals surface area contributed by atoms with Crippen LogP contribution in [0.3, 0.4) is 0 Å². The summed E-state index contributed by atoms with van der Waals surface area (Å²) in [5, 5.41) is 2.85. The molecule has 0 spiro atoms. The molecule has 1 atom stereocenters. The highest BCUT2D eigenvalue weighted by atomic mass is 16.1. The van der Waals surface area contributed by atoms with Crippen molar-refractivity contribution < 1.29 is 4.79 Å². The van der Waals surface area contributed by atoms with Gasteiger partial charge >= 0.3 is 0 Å². The highest BCUT2D eigenvalue weighted by Crippen LogP contribution is 2.19. The fourth-order valence-corrected chi connectivity index (χ4v) is 1.78. The summed E-state index contributed by atoms with van der Waals surface area (Å²) in [6.45, 7) is 1.98. The molecule has 0 fully saturated rings. The summed E-state index contributed by atoms with van der Waals surface area (Å²) < 4.78 is 0. The van der Waals surface area contributed by atoms with Gasteiger partial charge in [-0.05, 0) is 32.1 Å². The third-order valence-electron chi connectivity index (χ3n) is 2.72. The summed E-state index contributed by atoms with van der Waals surface area (Å²) in [7, 11) is 0. The molecule has 1 amide bonds. The van der Waals surface area contributed by atoms with Gasteiger partial charge < -0.3 is 5.32 Å². The Morgan fingerprint density at radius 3 is 3.00 bits per heavy atom. The van der Waals surface area contributed by atoms with E-state index in [2.05, 4.69) is 17.3 Å². The number of carbonyl (C=O) groups is 1. The quantitative estimate of drug-likeness (QED) is 0.554. The number of allylic oxidation sites excluding steroid dienone is 1. The summed E-state index contributed by atoms with van der Waals surface area (Å²) in [6.07, 6.45) is 13.5. The predicted octanol–water partition coefficient (Wildman–Crippen LogP) is 2.40. The van der Waals surface area contributed by atoms with E-state index in [1.165, 1.54) is 18.4 Å². The van der Waals surface area contributed by atoms with Gasteiger partial charge in [0.05, 0.1) is 6.04 Å². The van der Waals surface area contributed by atoms with Crippen LogP contribution in [0.5, 0.6) is 0 Å². The molecule has 2 heteroatoms. The van der Waals surface area contributed by atoms with E-state index in [0.29, 0.717) is 6.42 Å². The first-order valence-corrected chi connectivity index (χ1v) is 5.69. The Hall–Kier alpha value is -1.23. The first kappa shape index (κ1) is 11.8. The number of rotatable bonds is 4. The minimum Gasteiger partial charge on any atom is -0.342 e. The third-order valence-corrected chi connectivity index (χ3v) is 2.72. The Morgan fingerprint density at radius 1 is 1.67 bits per heavy atom. The Morgan fingerprint density at radius 2 is 2.47 bits per heavy atom. The SMILES string of the molecule is C#CC(CC)NC(=O)CC1=CCCCC1. The van der Waals surface area contributed by atoms with Crippen LogP contribution in [-0.4, -0.2) is 11.9 Å². The molecule has 82 valence electrons. The van der Waals surface area contributed by atoms with Crippen LogP contribution in [0.2, 0.25) is 0 Å². The van der Waals surface area contributed by atoms with E-state index in [9.17, 15) is 4.79 Å². The number of terminal acetylenes is 1. The predicted molar refractivity (Wildman–Crippen MR) is 62.2 cm³/mol. The van der Waals surface area contributed by atoms with Crippen LogP contribution in [0, 0.1) is 12.3 Å². The van der Waals surface area contributed by atoms with E-state index in [1.807, 2.05) is 6.92 Å². The molecular formula is C13H19NO. The van der Waals surface area contributed by atoms with E-state index in [1.54, 1.807) is 0 Å². The monoisotopic (exact) mass is 205 g/mol. The van der Waals surface area contributed by atoms with Crippen LogP contribution in [0.15, 0.2) is 11.6 Å². The highest BCUT2D eigenvalue weighted by molar-refractivity contribution is 5.79. The molecule has 15 heavy (non-hydrogen) atoms. The molecule has 0 radical (unpaired) electrons. The lowest BCUT2D eigenvalue weighted by Crippen LogP contribution is -2.33. The molecule has 1 unspecified atom stereocenters. The number of carbonyl (C=O) groups excluding carboxylic acids is 1. The lowest BCUT2D eigenvalue weighted by molar-refractivity contribution is -0.120. The fourth-order valence-electron chi connectivity index (χ4n) is 1.78. The van der Waals surface area contributed by atoms with Crippen molar-refractivity contribution in [1.82, 2.24) is 5.32 Å². The average molecular weight is 205 g/mol. The summed E-state index contributed by atoms with van der Waals surface area (Å²) in [6, 6.07) is -0.110. The molecule has 0 aromatic carbocycles. The smallest absolute Gasteiger partial charge is 0.225 e. The number of hydrogen-bond donors (Lipinski definition) is 1. The van der Waals surface area contributed by atoms with Crippen molar-refractivity contribution in [2.24, 2.45) is 0 Å². The maximum Gasteiger partial charge on any atom is 0.225 e. The Balaban J connectivity index is 2.35. The molecule has 0 bridgehead atoms. The molecule has 0 aromatic rings. The summed E-state index contributed by atoms with van der Waals surface area (Å²) in [5.74, 6) is 2.63. The average Bonchev–Trinajstić information content (AvgIpc) is 2.27. The first-order valence-electron chi connectivity index (χ1n) is 5.69. The van der Waals surface area contributed by atoms with Crippen LogP contribution in [0.25, 0.3) is 0 Å². The Bertz CT molecular complexity index is 285. The molecule has 0 aliphatic heterocycles. The van der Waals surface area contributed by atoms with Crippen LogP contribution in [-0.2, 0) is 4.79 Å². The second-order valence-electron chi connectivity index (χ2n) is 3.98. The summed E-state index contributed by atoms with van der Waals surface area (Å²) in [5.41, 5.74) is 1.27. The van der Waals surface area contributed by atoms with Gasteiger partial charge in [-0.1, -0.05) is 24.5 Å². The maximum atomic E-state index is 11.6. The van der Waals surface area contributed by atoms with E-state index >= 15 is 0 Å². The molecule has 1 aliphatic rings. The van der Waals surface area contributed by atoms with Gasteiger partial charge in [0.1, 0.15) is 0 Å². The fraction of sp³-hybridized carbons (Fsp3) is 0.615. The van der Waals surface area contributed by atoms with Crippen molar-refractivity contribution >= 4 is 5.91 Å². The molecule has 1 N–H and O–H groups in total. The topological polar surface area (TPSA) is 29.1 Å². The minimum atomic E-state index is -0.110. The van der Waals surface area contributed by atoms with Gasteiger partial charge in [0.25, 0.3) is 0 Å². The molecular weight excluding hydrogens is 186 g/mol. The molecule has 1 rings (SSSR count). The van der Waals surface area contributed by atoms with Crippen LogP contribution in [0.4, 0.5) is 0 Å². The van der Waals surface area contributed by atoms with Gasteiger partial charge in [0.2, 0.25) is 5.91 Å². The first-order chi connectivity index (χ1) is 7.26. The van der Waals surface area contributed by atoms with Gasteiger partial charge in [-0.2, -0.15) is 0 Å². The van der Waals surface area contributed by atoms with Crippen LogP contribution in [0.1, 0.15) is 45.4 Å². The van der Waals surface area contributed by atoms with Crippen molar-refractivity contribution in [1.29, 1.82) is 0 Å². The van der Waals surface area contributed by atoms with Crippen molar-refractivity contribution in [3.63, 3.8) is 0 Å². The zero-order valence-electron chi connectivity index (χ0n) is 9.38. The molecule has 0 saturated carbocycles. The third kappa shape index (κ3) is 4.20. The molecule has 0 aromatic heterocycles. The summed E-state index contributed by atoms with van der Waals surface area (Å²) in [4.78, 5) is 11.6. The lowest BCUT2D eigenvalue weighted by atomic mass is 9.97. The number of nitrogens with one attached hydrogen (secondary N) is 1. The van der Waals surface area contributed by atoms with Gasteiger partial charge in [0.15, 0.2) is 0 Å². The largest absolute Gasteiger partial charge is 0.342 e. The minimum absolute atomic E-state index is 0.0629.